The molecule has 5 aromatic heterocycles. The zero-order valence-electron chi connectivity index (χ0n) is 76.2. The number of likely N-dealkylation sites (tertiary alicyclic amines) is 5. The van der Waals surface area contributed by atoms with E-state index < -0.39 is 47.6 Å². The summed E-state index contributed by atoms with van der Waals surface area (Å²) in [6.07, 6.45) is 11.3. The minimum atomic E-state index is -0.708. The van der Waals surface area contributed by atoms with Crippen LogP contribution in [0.2, 0.25) is 0 Å². The Morgan fingerprint density at radius 2 is 0.731 bits per heavy atom. The van der Waals surface area contributed by atoms with E-state index >= 15 is 0 Å². The van der Waals surface area contributed by atoms with Crippen LogP contribution in [0.5, 0.6) is 11.5 Å². The number of benzene rings is 6. The van der Waals surface area contributed by atoms with Gasteiger partial charge in [0, 0.05) is 65.4 Å². The summed E-state index contributed by atoms with van der Waals surface area (Å²) >= 11 is 3.33. The van der Waals surface area contributed by atoms with Gasteiger partial charge in [0.1, 0.15) is 87.8 Å². The number of methoxy groups -OCH3 is 3. The lowest BCUT2D eigenvalue weighted by molar-refractivity contribution is -0.136. The number of aromatic amines is 5. The average molecular weight is 1840 g/mol. The fourth-order valence-electron chi connectivity index (χ4n) is 18.9. The normalized spacial score (nSPS) is 18.9. The van der Waals surface area contributed by atoms with Gasteiger partial charge in [-0.2, -0.15) is 0 Å². The number of imidazole rings is 5. The quantitative estimate of drug-likeness (QED) is 0.0417. The van der Waals surface area contributed by atoms with E-state index in [0.717, 1.165) is 210 Å². The third kappa shape index (κ3) is 18.6. The monoisotopic (exact) mass is 1840 g/mol. The second-order valence-electron chi connectivity index (χ2n) is 37.3. The molecule has 130 heavy (non-hydrogen) atoms. The summed E-state index contributed by atoms with van der Waals surface area (Å²) in [4.78, 5) is 152. The molecule has 7 aliphatic heterocycles. The zero-order valence-corrected chi connectivity index (χ0v) is 77.7. The van der Waals surface area contributed by atoms with Gasteiger partial charge in [0.25, 0.3) is 0 Å². The van der Waals surface area contributed by atoms with Gasteiger partial charge in [-0.1, -0.05) is 77.9 Å². The Kier molecular flexibility index (Phi) is 26.0. The molecule has 5 fully saturated rings. The molecular formula is C96H115BrN18O15. The maximum absolute atomic E-state index is 13.7. The first kappa shape index (κ1) is 90.6. The van der Waals surface area contributed by atoms with E-state index in [0.29, 0.717) is 45.2 Å². The molecule has 8 atom stereocenters. The molecule has 12 heterocycles. The second-order valence-corrected chi connectivity index (χ2v) is 38.2. The van der Waals surface area contributed by atoms with Gasteiger partial charge in [-0.3, -0.25) is 24.2 Å². The van der Waals surface area contributed by atoms with Crippen LogP contribution in [0, 0.1) is 17.8 Å². The number of ether oxygens (including phenoxy) is 7. The van der Waals surface area contributed by atoms with E-state index in [9.17, 15) is 38.4 Å². The fraction of sp³-hybridized carbons (Fsp3) is 0.469. The summed E-state index contributed by atoms with van der Waals surface area (Å²) < 4.78 is 39.3. The van der Waals surface area contributed by atoms with Crippen molar-refractivity contribution in [2.75, 3.05) is 54.1 Å². The minimum absolute atomic E-state index is 0.00819. The number of halogens is 1. The highest BCUT2D eigenvalue weighted by molar-refractivity contribution is 9.10. The molecular weight excluding hydrogens is 1730 g/mol. The highest BCUT2D eigenvalue weighted by Crippen LogP contribution is 2.49. The number of hydrogen-bond donors (Lipinski definition) is 8. The Balaban J connectivity index is 0.000000160. The van der Waals surface area contributed by atoms with Gasteiger partial charge < -0.3 is 88.7 Å². The van der Waals surface area contributed by atoms with Crippen molar-refractivity contribution >= 4 is 108 Å². The van der Waals surface area contributed by atoms with Gasteiger partial charge in [-0.25, -0.2) is 48.9 Å². The number of aromatic nitrogens is 10. The summed E-state index contributed by atoms with van der Waals surface area (Å²) in [6, 6.07) is 26.2. The number of amides is 8. The third-order valence-electron chi connectivity index (χ3n) is 25.3. The van der Waals surface area contributed by atoms with Crippen molar-refractivity contribution in [2.24, 2.45) is 17.8 Å². The highest BCUT2D eigenvalue weighted by Gasteiger charge is 2.44. The van der Waals surface area contributed by atoms with Crippen LogP contribution in [-0.4, -0.2) is 206 Å². The van der Waals surface area contributed by atoms with Crippen LogP contribution in [0.25, 0.3) is 88.4 Å². The first-order valence-electron chi connectivity index (χ1n) is 44.9. The molecule has 0 aliphatic carbocycles. The van der Waals surface area contributed by atoms with Crippen molar-refractivity contribution < 1.29 is 71.5 Å². The van der Waals surface area contributed by atoms with Gasteiger partial charge >= 0.3 is 30.5 Å². The zero-order chi connectivity index (χ0) is 92.1. The highest BCUT2D eigenvalue weighted by atomic mass is 79.9. The molecule has 0 bridgehead atoms. The first-order chi connectivity index (χ1) is 62.2. The number of fused-ring (bicyclic) bond motifs is 14. The molecule has 8 N–H and O–H groups in total. The predicted octanol–water partition coefficient (Wildman–Crippen LogP) is 17.8. The number of nitrogens with one attached hydrogen (secondary N) is 8. The molecule has 5 saturated heterocycles. The smallest absolute Gasteiger partial charge is 0.410 e. The number of carbonyl (C=O) groups is 8. The molecule has 6 aromatic carbocycles. The maximum atomic E-state index is 13.7. The maximum Gasteiger partial charge on any atom is 0.410 e. The molecule has 0 spiro atoms. The Bertz CT molecular complexity index is 6130. The standard InChI is InChI=1S/C43H50N8O7.C41H47N7O6.C12H18BrN3O2/c1-22(2)34(48-42(54)56-5)40(52)50-17-7-9-32(50)38-44-20-31(46-38)24-11-12-26-25(19-24)21-58-37-28(26)14-13-27-29(37)15-16-30-36(27)47-39(45-30)33-10-8-18-51(33)41(53)35(23(3)4)49-43(55)57-6;1-22(2)33(46-39(50)52-6)38(49)47-17-7-10-32(47)37-43-29-16-15-28-26(34(29)45-37)13-14-27-25-12-11-23(19-24(25)21-53-35(27)28)30-20-42-36(44-30)31-9-8-18-48(31)40(51)54-41(3,4)5;1-12(2,3)18-11(17)16-6-4-5-8(16)10-14-7-9(13)15-10/h11-16,19-20,22-23,32-35H,7-10,17-18,21H2,1-6H3,(H,44,46)(H,45,47)(H,48,54)(H,49,55);11-16,19-20,22,31-33H,7-10,17-18,21H2,1-6H3,(H,42,44)(H,43,45)(H,46,50);7-8H,4-6H2,1-3H3,(H,14,15)/t32-,33-,34-,35-;31-,32-,33-;/m00./s1. The topological polar surface area (TPSA) is 397 Å². The molecule has 1 unspecified atom stereocenters. The van der Waals surface area contributed by atoms with Crippen molar-refractivity contribution in [2.45, 2.75) is 220 Å². The van der Waals surface area contributed by atoms with Gasteiger partial charge in [0.15, 0.2) is 0 Å². The van der Waals surface area contributed by atoms with E-state index in [2.05, 4.69) is 135 Å². The molecule has 7 aliphatic rings. The van der Waals surface area contributed by atoms with Crippen LogP contribution in [0.4, 0.5) is 24.0 Å². The van der Waals surface area contributed by atoms with Crippen molar-refractivity contribution in [3.8, 4) is 56.3 Å². The Morgan fingerprint density at radius 1 is 0.408 bits per heavy atom. The number of rotatable bonds is 16. The first-order valence-corrected chi connectivity index (χ1v) is 45.7. The second kappa shape index (κ2) is 37.4. The van der Waals surface area contributed by atoms with Crippen LogP contribution in [0.1, 0.15) is 218 Å². The summed E-state index contributed by atoms with van der Waals surface area (Å²) in [7, 11) is 3.88. The van der Waals surface area contributed by atoms with E-state index in [1.54, 1.807) is 16.0 Å². The van der Waals surface area contributed by atoms with Crippen molar-refractivity contribution in [1.29, 1.82) is 0 Å². The Morgan fingerprint density at radius 3 is 1.07 bits per heavy atom. The van der Waals surface area contributed by atoms with Gasteiger partial charge in [-0.15, -0.1) is 0 Å². The van der Waals surface area contributed by atoms with Crippen molar-refractivity contribution in [3.63, 3.8) is 0 Å². The largest absolute Gasteiger partial charge is 0.488 e. The predicted molar refractivity (Wildman–Crippen MR) is 492 cm³/mol. The number of H-pyrrole nitrogens is 5. The summed E-state index contributed by atoms with van der Waals surface area (Å²) in [5.74, 6) is 4.56. The Labute approximate surface area is 761 Å². The minimum Gasteiger partial charge on any atom is -0.488 e. The summed E-state index contributed by atoms with van der Waals surface area (Å²) in [5, 5.41) is 12.0. The van der Waals surface area contributed by atoms with E-state index in [1.165, 1.54) is 21.3 Å². The van der Waals surface area contributed by atoms with Crippen LogP contribution in [-0.2, 0) is 51.3 Å². The van der Waals surface area contributed by atoms with Gasteiger partial charge in [0.2, 0.25) is 17.7 Å². The lowest BCUT2D eigenvalue weighted by Crippen LogP contribution is -2.51. The number of carbonyl (C=O) groups excluding carboxylic acids is 8. The van der Waals surface area contributed by atoms with Crippen molar-refractivity contribution in [1.82, 2.24) is 90.3 Å². The van der Waals surface area contributed by atoms with E-state index in [4.69, 9.17) is 53.1 Å². The van der Waals surface area contributed by atoms with Crippen LogP contribution < -0.4 is 25.4 Å². The van der Waals surface area contributed by atoms with Crippen LogP contribution in [0.3, 0.4) is 0 Å². The van der Waals surface area contributed by atoms with E-state index in [-0.39, 0.29) is 77.9 Å². The fourth-order valence-corrected chi connectivity index (χ4v) is 19.2. The molecule has 0 saturated carbocycles. The molecule has 11 aromatic rings. The molecule has 686 valence electrons. The van der Waals surface area contributed by atoms with Crippen molar-refractivity contribution in [3.05, 3.63) is 148 Å². The summed E-state index contributed by atoms with van der Waals surface area (Å²) in [5.41, 5.74) is 12.4. The Hall–Kier alpha value is -12.8. The number of hydrogen-bond acceptors (Lipinski definition) is 20. The van der Waals surface area contributed by atoms with Gasteiger partial charge in [0.05, 0.1) is 104 Å². The van der Waals surface area contributed by atoms with Gasteiger partial charge in [-0.05, 0) is 221 Å². The van der Waals surface area contributed by atoms with E-state index in [1.807, 2.05) is 122 Å². The molecule has 18 rings (SSSR count). The molecule has 34 heteroatoms. The molecule has 33 nitrogen and oxygen atoms in total. The molecule has 0 radical (unpaired) electrons. The molecule has 8 amide bonds. The summed E-state index contributed by atoms with van der Waals surface area (Å²) in [6.45, 7) is 26.6. The van der Waals surface area contributed by atoms with Crippen LogP contribution >= 0.6 is 15.9 Å². The number of nitrogens with zero attached hydrogens (tertiary/aromatic N) is 10. The lowest BCUT2D eigenvalue weighted by atomic mass is 9.92. The SMILES string of the molecule is CC(C)(C)OC(=O)N1CCCC1c1ncc(Br)[nH]1.COC(=O)N[C@H](C(=O)N1CCC[C@H]1c1nc2c(ccc3c4c(ccc32)-c2ccc(-c3cnc([C@@H]5CCCN5C(=O)OC(C)(C)C)[nH]3)cc2CO4)[nH]1)C(C)C.COC(=O)N[C@H](C(=O)N1CCC[C@H]1c1ncc(-c2ccc3c(c2)COc2c-3ccc3c2ccc2[nH]c([C@@H]4CCCN4C(=O)[C@@H](NC(=O)OC)C(C)C)nc23)[nH]1)C(C)C. The van der Waals surface area contributed by atoms with Crippen LogP contribution in [0.15, 0.2) is 108 Å². The third-order valence-corrected chi connectivity index (χ3v) is 25.7. The lowest BCUT2D eigenvalue weighted by Gasteiger charge is -2.30. The average Bonchev–Trinajstić information content (AvgIpc) is 1.46. The number of alkyl carbamates (subject to hydrolysis) is 3.